The second-order valence-electron chi connectivity index (χ2n) is 7.04. The van der Waals surface area contributed by atoms with Gasteiger partial charge in [-0.1, -0.05) is 6.08 Å². The largest absolute Gasteiger partial charge is 0.404 e. The smallest absolute Gasteiger partial charge is 0.335 e. The van der Waals surface area contributed by atoms with E-state index >= 15 is 0 Å². The first kappa shape index (κ1) is 23.4. The number of nitrogens with zero attached hydrogens (tertiary/aromatic N) is 3. The second-order valence-corrected chi connectivity index (χ2v) is 8.70. The molecule has 2 aromatic heterocycles. The van der Waals surface area contributed by atoms with Gasteiger partial charge in [-0.25, -0.2) is 13.4 Å². The van der Waals surface area contributed by atoms with Crippen molar-refractivity contribution in [2.75, 3.05) is 5.32 Å². The molecule has 3 heterocycles. The van der Waals surface area contributed by atoms with Crippen LogP contribution in [0.4, 0.5) is 23.2 Å². The molecule has 8 nitrogen and oxygen atoms in total. The lowest BCUT2D eigenvalue weighted by Crippen LogP contribution is -2.43. The SMILES string of the molecule is Cc1c(S(=O)(=O)NC(C)C(F)(F)F)c2n(c1C(=O)Nc1cc(F)nc(C#N)c1)CCC=C2. The summed E-state index contributed by atoms with van der Waals surface area (Å²) < 4.78 is 81.0. The van der Waals surface area contributed by atoms with Gasteiger partial charge in [-0.3, -0.25) is 4.79 Å². The maximum Gasteiger partial charge on any atom is 0.404 e. The molecule has 0 radical (unpaired) electrons. The Morgan fingerprint density at radius 2 is 2.03 bits per heavy atom. The normalized spacial score (nSPS) is 14.5. The van der Waals surface area contributed by atoms with Gasteiger partial charge in [-0.2, -0.15) is 27.5 Å². The highest BCUT2D eigenvalue weighted by Gasteiger charge is 2.41. The molecule has 1 amide bonds. The number of carbonyl (C=O) groups excluding carboxylic acids is 1. The van der Waals surface area contributed by atoms with Gasteiger partial charge in [0.25, 0.3) is 5.91 Å². The number of rotatable bonds is 5. The Morgan fingerprint density at radius 3 is 2.66 bits per heavy atom. The minimum atomic E-state index is -4.80. The molecule has 2 N–H and O–H groups in total. The topological polar surface area (TPSA) is 117 Å². The van der Waals surface area contributed by atoms with Crippen molar-refractivity contribution in [1.29, 1.82) is 5.26 Å². The average molecular weight is 471 g/mol. The quantitative estimate of drug-likeness (QED) is 0.514. The molecule has 1 atom stereocenters. The average Bonchev–Trinajstić information content (AvgIpc) is 2.98. The summed E-state index contributed by atoms with van der Waals surface area (Å²) in [7, 11) is -4.65. The van der Waals surface area contributed by atoms with E-state index in [-0.39, 0.29) is 34.9 Å². The number of sulfonamides is 1. The summed E-state index contributed by atoms with van der Waals surface area (Å²) in [6, 6.07) is 1.29. The van der Waals surface area contributed by atoms with Crippen molar-refractivity contribution >= 4 is 27.7 Å². The zero-order valence-electron chi connectivity index (χ0n) is 16.8. The highest BCUT2D eigenvalue weighted by atomic mass is 32.2. The van der Waals surface area contributed by atoms with Crippen molar-refractivity contribution in [2.45, 2.75) is 43.9 Å². The Balaban J connectivity index is 2.07. The molecule has 0 saturated heterocycles. The molecule has 0 saturated carbocycles. The lowest BCUT2D eigenvalue weighted by atomic mass is 10.2. The Labute approximate surface area is 180 Å². The molecule has 3 rings (SSSR count). The predicted molar refractivity (Wildman–Crippen MR) is 106 cm³/mol. The Hall–Kier alpha value is -3.24. The number of halogens is 4. The van der Waals surface area contributed by atoms with Crippen LogP contribution in [0.2, 0.25) is 0 Å². The van der Waals surface area contributed by atoms with Crippen LogP contribution in [-0.4, -0.2) is 36.1 Å². The van der Waals surface area contributed by atoms with E-state index in [0.29, 0.717) is 13.3 Å². The number of anilines is 1. The number of nitriles is 1. The number of hydrogen-bond acceptors (Lipinski definition) is 5. The van der Waals surface area contributed by atoms with Gasteiger partial charge >= 0.3 is 6.18 Å². The van der Waals surface area contributed by atoms with Gasteiger partial charge < -0.3 is 9.88 Å². The van der Waals surface area contributed by atoms with Gasteiger partial charge in [0.15, 0.2) is 0 Å². The number of allylic oxidation sites excluding steroid dienone is 1. The predicted octanol–water partition coefficient (Wildman–Crippen LogP) is 3.10. The third-order valence-electron chi connectivity index (χ3n) is 4.76. The Bertz CT molecular complexity index is 1260. The van der Waals surface area contributed by atoms with Crippen molar-refractivity contribution in [2.24, 2.45) is 0 Å². The van der Waals surface area contributed by atoms with Gasteiger partial charge in [-0.05, 0) is 32.4 Å². The highest BCUT2D eigenvalue weighted by Crippen LogP contribution is 2.32. The molecule has 170 valence electrons. The lowest BCUT2D eigenvalue weighted by molar-refractivity contribution is -0.147. The van der Waals surface area contributed by atoms with E-state index in [0.717, 1.165) is 12.1 Å². The molecule has 1 aliphatic rings. The summed E-state index contributed by atoms with van der Waals surface area (Å²) in [6.07, 6.45) is -1.30. The van der Waals surface area contributed by atoms with Crippen LogP contribution < -0.4 is 10.0 Å². The maximum absolute atomic E-state index is 13.6. The fourth-order valence-corrected chi connectivity index (χ4v) is 5.02. The van der Waals surface area contributed by atoms with Crippen LogP contribution in [0, 0.1) is 24.2 Å². The van der Waals surface area contributed by atoms with Gasteiger partial charge in [0.2, 0.25) is 16.0 Å². The zero-order chi connectivity index (χ0) is 23.8. The van der Waals surface area contributed by atoms with Crippen molar-refractivity contribution in [1.82, 2.24) is 14.3 Å². The van der Waals surface area contributed by atoms with E-state index in [1.165, 1.54) is 17.6 Å². The summed E-state index contributed by atoms with van der Waals surface area (Å²) in [5.41, 5.74) is -0.500. The Kier molecular flexibility index (Phi) is 6.12. The minimum absolute atomic E-state index is 0.0550. The lowest BCUT2D eigenvalue weighted by Gasteiger charge is -2.18. The molecule has 0 aliphatic carbocycles. The first-order valence-electron chi connectivity index (χ1n) is 9.23. The van der Waals surface area contributed by atoms with Crippen molar-refractivity contribution in [3.63, 3.8) is 0 Å². The van der Waals surface area contributed by atoms with E-state index < -0.39 is 39.0 Å². The monoisotopic (exact) mass is 471 g/mol. The highest BCUT2D eigenvalue weighted by molar-refractivity contribution is 7.89. The second kappa shape index (κ2) is 8.36. The number of fused-ring (bicyclic) bond motifs is 1. The van der Waals surface area contributed by atoms with Gasteiger partial charge in [0, 0.05) is 23.9 Å². The van der Waals surface area contributed by atoms with Gasteiger partial charge in [0.05, 0.1) is 5.69 Å². The summed E-state index contributed by atoms with van der Waals surface area (Å²) in [4.78, 5) is 15.8. The van der Waals surface area contributed by atoms with E-state index in [1.54, 1.807) is 16.9 Å². The maximum atomic E-state index is 13.6. The van der Waals surface area contributed by atoms with Crippen LogP contribution in [0.15, 0.2) is 23.1 Å². The third kappa shape index (κ3) is 4.51. The standard InChI is InChI=1S/C19H17F4N5O3S/c1-10-16(18(29)26-12-7-13(9-24)25-15(20)8-12)28-6-4-3-5-14(28)17(10)32(30,31)27-11(2)19(21,22)23/h3,5,7-8,11,27H,4,6H2,1-2H3,(H,25,26,29). The number of carbonyl (C=O) groups is 1. The number of pyridine rings is 1. The van der Waals surface area contributed by atoms with Crippen LogP contribution in [-0.2, 0) is 16.6 Å². The Morgan fingerprint density at radius 1 is 1.34 bits per heavy atom. The van der Waals surface area contributed by atoms with Crippen molar-refractivity contribution in [3.8, 4) is 6.07 Å². The summed E-state index contributed by atoms with van der Waals surface area (Å²) in [6.45, 7) is 2.17. The van der Waals surface area contributed by atoms with Gasteiger partial charge in [0.1, 0.15) is 28.4 Å². The molecular formula is C19H17F4N5O3S. The molecule has 13 heteroatoms. The first-order valence-corrected chi connectivity index (χ1v) is 10.7. The van der Waals surface area contributed by atoms with Crippen LogP contribution in [0.1, 0.15) is 40.8 Å². The molecule has 0 spiro atoms. The summed E-state index contributed by atoms with van der Waals surface area (Å²) in [5, 5.41) is 11.3. The number of aromatic nitrogens is 2. The van der Waals surface area contributed by atoms with Gasteiger partial charge in [-0.15, -0.1) is 0 Å². The van der Waals surface area contributed by atoms with E-state index in [9.17, 15) is 30.8 Å². The van der Waals surface area contributed by atoms with Crippen LogP contribution in [0.25, 0.3) is 6.08 Å². The molecule has 0 fully saturated rings. The fraction of sp³-hybridized carbons (Fsp3) is 0.316. The molecular weight excluding hydrogens is 454 g/mol. The van der Waals surface area contributed by atoms with E-state index in [1.807, 2.05) is 0 Å². The minimum Gasteiger partial charge on any atom is -0.335 e. The zero-order valence-corrected chi connectivity index (χ0v) is 17.6. The fourth-order valence-electron chi connectivity index (χ4n) is 3.35. The van der Waals surface area contributed by atoms with Crippen LogP contribution >= 0.6 is 0 Å². The summed E-state index contributed by atoms with van der Waals surface area (Å²) in [5.74, 6) is -1.83. The van der Waals surface area contributed by atoms with Crippen LogP contribution in [0.5, 0.6) is 0 Å². The molecule has 1 aliphatic heterocycles. The third-order valence-corrected chi connectivity index (χ3v) is 6.47. The number of amides is 1. The van der Waals surface area contributed by atoms with E-state index in [4.69, 9.17) is 5.26 Å². The molecule has 0 bridgehead atoms. The number of alkyl halides is 3. The molecule has 32 heavy (non-hydrogen) atoms. The molecule has 2 aromatic rings. The van der Waals surface area contributed by atoms with Crippen molar-refractivity contribution in [3.05, 3.63) is 46.8 Å². The molecule has 0 aromatic carbocycles. The molecule has 1 unspecified atom stereocenters. The first-order chi connectivity index (χ1) is 14.8. The van der Waals surface area contributed by atoms with E-state index in [2.05, 4.69) is 10.3 Å². The van der Waals surface area contributed by atoms with Crippen molar-refractivity contribution < 1.29 is 30.8 Å². The number of nitrogens with one attached hydrogen (secondary N) is 2. The van der Waals surface area contributed by atoms with Crippen LogP contribution in [0.3, 0.4) is 0 Å². The summed E-state index contributed by atoms with van der Waals surface area (Å²) >= 11 is 0. The number of hydrogen-bond donors (Lipinski definition) is 2.